The molecule has 2 aromatic rings. The van der Waals surface area contributed by atoms with Gasteiger partial charge in [-0.25, -0.2) is 0 Å². The van der Waals surface area contributed by atoms with Gasteiger partial charge in [0.25, 0.3) is 11.6 Å². The lowest BCUT2D eigenvalue weighted by Gasteiger charge is -2.36. The molecule has 0 aliphatic carbocycles. The van der Waals surface area contributed by atoms with Gasteiger partial charge in [-0.1, -0.05) is 25.5 Å². The second-order valence-corrected chi connectivity index (χ2v) is 8.84. The van der Waals surface area contributed by atoms with Gasteiger partial charge in [-0.15, -0.1) is 0 Å². The van der Waals surface area contributed by atoms with Crippen molar-refractivity contribution in [3.8, 4) is 5.75 Å². The molecule has 0 saturated carbocycles. The molecule has 0 unspecified atom stereocenters. The molecule has 2 aliphatic rings. The summed E-state index contributed by atoms with van der Waals surface area (Å²) in [6, 6.07) is 14.3. The molecule has 0 bridgehead atoms. The van der Waals surface area contributed by atoms with Crippen LogP contribution in [0.4, 0.5) is 11.4 Å². The fourth-order valence-corrected chi connectivity index (χ4v) is 4.59. The highest BCUT2D eigenvalue weighted by Crippen LogP contribution is 2.31. The summed E-state index contributed by atoms with van der Waals surface area (Å²) in [5.74, 6) is 0.620. The van der Waals surface area contributed by atoms with E-state index in [2.05, 4.69) is 21.7 Å². The van der Waals surface area contributed by atoms with Gasteiger partial charge in [0.2, 0.25) is 0 Å². The molecule has 2 aliphatic heterocycles. The lowest BCUT2D eigenvalue weighted by molar-refractivity contribution is -0.384. The number of hydrogen-bond acceptors (Lipinski definition) is 7. The van der Waals surface area contributed by atoms with Crippen LogP contribution in [0.2, 0.25) is 0 Å². The summed E-state index contributed by atoms with van der Waals surface area (Å²) in [7, 11) is 0. The molecule has 172 valence electrons. The number of thioether (sulfide) groups is 1. The van der Waals surface area contributed by atoms with Crippen molar-refractivity contribution < 1.29 is 14.5 Å². The van der Waals surface area contributed by atoms with Gasteiger partial charge in [0.1, 0.15) is 5.75 Å². The van der Waals surface area contributed by atoms with Crippen molar-refractivity contribution in [2.24, 2.45) is 4.99 Å². The number of non-ortho nitro benzene ring substituents is 1. The largest absolute Gasteiger partial charge is 0.494 e. The Bertz CT molecular complexity index is 1060. The summed E-state index contributed by atoms with van der Waals surface area (Å²) in [4.78, 5) is 32.1. The van der Waals surface area contributed by atoms with Crippen LogP contribution in [-0.4, -0.2) is 53.7 Å². The van der Waals surface area contributed by atoms with Crippen molar-refractivity contribution in [1.29, 1.82) is 0 Å². The number of rotatable bonds is 7. The molecular weight excluding hydrogens is 440 g/mol. The fraction of sp³-hybridized carbons (Fsp3) is 0.333. The van der Waals surface area contributed by atoms with Crippen LogP contribution in [0.25, 0.3) is 6.08 Å². The third-order valence-electron chi connectivity index (χ3n) is 5.53. The van der Waals surface area contributed by atoms with Gasteiger partial charge < -0.3 is 14.5 Å². The van der Waals surface area contributed by atoms with Crippen LogP contribution in [0.3, 0.4) is 0 Å². The van der Waals surface area contributed by atoms with Crippen LogP contribution in [0.5, 0.6) is 5.75 Å². The van der Waals surface area contributed by atoms with E-state index in [4.69, 9.17) is 4.74 Å². The number of nitrogens with zero attached hydrogens (tertiary/aromatic N) is 4. The first-order chi connectivity index (χ1) is 16.0. The monoisotopic (exact) mass is 466 g/mol. The quantitative estimate of drug-likeness (QED) is 0.256. The second-order valence-electron chi connectivity index (χ2n) is 7.83. The van der Waals surface area contributed by atoms with Crippen molar-refractivity contribution in [1.82, 2.24) is 4.90 Å². The van der Waals surface area contributed by atoms with Crippen molar-refractivity contribution in [3.05, 3.63) is 69.1 Å². The molecule has 1 saturated heterocycles. The first kappa shape index (κ1) is 22.8. The van der Waals surface area contributed by atoms with E-state index in [0.717, 1.165) is 61.2 Å². The number of nitro benzene ring substituents is 1. The Morgan fingerprint density at radius 2 is 1.73 bits per heavy atom. The molecule has 1 fully saturated rings. The molecule has 0 spiro atoms. The van der Waals surface area contributed by atoms with Gasteiger partial charge in [0.05, 0.1) is 16.4 Å². The predicted molar refractivity (Wildman–Crippen MR) is 132 cm³/mol. The molecule has 0 aromatic heterocycles. The van der Waals surface area contributed by atoms with Crippen molar-refractivity contribution in [2.75, 3.05) is 37.7 Å². The highest BCUT2D eigenvalue weighted by molar-refractivity contribution is 8.18. The Morgan fingerprint density at radius 1 is 1.06 bits per heavy atom. The zero-order valence-corrected chi connectivity index (χ0v) is 19.3. The maximum atomic E-state index is 12.5. The molecule has 0 N–H and O–H groups in total. The Morgan fingerprint density at radius 3 is 2.36 bits per heavy atom. The van der Waals surface area contributed by atoms with E-state index in [1.54, 1.807) is 12.1 Å². The van der Waals surface area contributed by atoms with E-state index >= 15 is 0 Å². The average Bonchev–Trinajstić information content (AvgIpc) is 3.20. The topological polar surface area (TPSA) is 88.3 Å². The van der Waals surface area contributed by atoms with Crippen LogP contribution in [0, 0.1) is 10.1 Å². The molecule has 2 aromatic carbocycles. The van der Waals surface area contributed by atoms with Gasteiger partial charge in [0.15, 0.2) is 5.17 Å². The Kier molecular flexibility index (Phi) is 7.29. The molecule has 0 atom stereocenters. The molecule has 33 heavy (non-hydrogen) atoms. The van der Waals surface area contributed by atoms with Crippen molar-refractivity contribution >= 4 is 40.3 Å². The molecule has 4 rings (SSSR count). The lowest BCUT2D eigenvalue weighted by atomic mass is 10.2. The molecule has 1 amide bonds. The van der Waals surface area contributed by atoms with Gasteiger partial charge in [-0.3, -0.25) is 14.9 Å². The smallest absolute Gasteiger partial charge is 0.286 e. The number of benzene rings is 2. The van der Waals surface area contributed by atoms with Crippen LogP contribution < -0.4 is 9.64 Å². The Balaban J connectivity index is 1.32. The second kappa shape index (κ2) is 10.5. The van der Waals surface area contributed by atoms with E-state index in [-0.39, 0.29) is 11.6 Å². The number of hydrogen-bond donors (Lipinski definition) is 0. The zero-order chi connectivity index (χ0) is 23.2. The summed E-state index contributed by atoms with van der Waals surface area (Å²) < 4.78 is 5.69. The third kappa shape index (κ3) is 5.73. The summed E-state index contributed by atoms with van der Waals surface area (Å²) in [5, 5.41) is 11.6. The van der Waals surface area contributed by atoms with Gasteiger partial charge >= 0.3 is 0 Å². The van der Waals surface area contributed by atoms with E-state index in [9.17, 15) is 14.9 Å². The summed E-state index contributed by atoms with van der Waals surface area (Å²) in [6.07, 6.45) is 3.99. The number of carbonyl (C=O) groups is 1. The highest BCUT2D eigenvalue weighted by atomic mass is 32.2. The maximum absolute atomic E-state index is 12.5. The fourth-order valence-electron chi connectivity index (χ4n) is 3.62. The standard InChI is InChI=1S/C24H26N4O4S/c1-2-3-16-32-21-10-4-18(5-11-21)17-22-23(29)25-24(33-22)27-14-12-26(13-15-27)19-6-8-20(9-7-19)28(30)31/h4-11,17H,2-3,12-16H2,1H3/b22-17+. The number of amidine groups is 1. The maximum Gasteiger partial charge on any atom is 0.286 e. The highest BCUT2D eigenvalue weighted by Gasteiger charge is 2.28. The van der Waals surface area contributed by atoms with E-state index < -0.39 is 4.92 Å². The first-order valence-electron chi connectivity index (χ1n) is 11.0. The molecule has 2 heterocycles. The number of piperazine rings is 1. The van der Waals surface area contributed by atoms with E-state index in [1.165, 1.54) is 23.9 Å². The van der Waals surface area contributed by atoms with Crippen molar-refractivity contribution in [2.45, 2.75) is 19.8 Å². The van der Waals surface area contributed by atoms with Crippen LogP contribution in [0.15, 0.2) is 58.4 Å². The Hall–Kier alpha value is -3.33. The first-order valence-corrected chi connectivity index (χ1v) is 11.8. The molecule has 8 nitrogen and oxygen atoms in total. The minimum Gasteiger partial charge on any atom is -0.494 e. The number of nitro groups is 1. The summed E-state index contributed by atoms with van der Waals surface area (Å²) in [6.45, 7) is 5.80. The van der Waals surface area contributed by atoms with E-state index in [0.29, 0.717) is 11.5 Å². The third-order valence-corrected chi connectivity index (χ3v) is 6.57. The van der Waals surface area contributed by atoms with Crippen LogP contribution in [-0.2, 0) is 4.79 Å². The number of amides is 1. The van der Waals surface area contributed by atoms with Gasteiger partial charge in [-0.05, 0) is 54.1 Å². The zero-order valence-electron chi connectivity index (χ0n) is 18.5. The predicted octanol–water partition coefficient (Wildman–Crippen LogP) is 4.57. The van der Waals surface area contributed by atoms with Gasteiger partial charge in [0, 0.05) is 44.0 Å². The summed E-state index contributed by atoms with van der Waals surface area (Å²) >= 11 is 1.41. The van der Waals surface area contributed by atoms with Gasteiger partial charge in [-0.2, -0.15) is 4.99 Å². The average molecular weight is 467 g/mol. The number of anilines is 1. The number of ether oxygens (including phenoxy) is 1. The number of carbonyl (C=O) groups excluding carboxylic acids is 1. The summed E-state index contributed by atoms with van der Waals surface area (Å²) in [5.41, 5.74) is 1.98. The SMILES string of the molecule is CCCCOc1ccc(/C=C2/SC(N3CCN(c4ccc([N+](=O)[O-])cc4)CC3)=NC2=O)cc1. The van der Waals surface area contributed by atoms with Crippen LogP contribution >= 0.6 is 11.8 Å². The normalized spacial score (nSPS) is 17.4. The molecular formula is C24H26N4O4S. The van der Waals surface area contributed by atoms with Crippen molar-refractivity contribution in [3.63, 3.8) is 0 Å². The van der Waals surface area contributed by atoms with E-state index in [1.807, 2.05) is 30.3 Å². The Labute approximate surface area is 197 Å². The molecule has 0 radical (unpaired) electrons. The molecule has 9 heteroatoms. The minimum atomic E-state index is -0.394. The minimum absolute atomic E-state index is 0.0885. The number of unbranched alkanes of at least 4 members (excludes halogenated alkanes) is 1. The number of aliphatic imine (C=N–C) groups is 1. The lowest BCUT2D eigenvalue weighted by Crippen LogP contribution is -2.47. The van der Waals surface area contributed by atoms with Crippen LogP contribution in [0.1, 0.15) is 25.3 Å².